The average molecular weight is 284 g/mol. The predicted molar refractivity (Wildman–Crippen MR) is 64.8 cm³/mol. The van der Waals surface area contributed by atoms with Crippen LogP contribution in [0.3, 0.4) is 0 Å². The number of nitrogens with two attached hydrogens (primary N) is 1. The second-order valence-electron chi connectivity index (χ2n) is 3.50. The maximum Gasteiger partial charge on any atom is 0.304 e. The second-order valence-corrected chi connectivity index (χ2v) is 4.42. The van der Waals surface area contributed by atoms with Crippen LogP contribution in [-0.2, 0) is 12.3 Å². The first-order valence-electron chi connectivity index (χ1n) is 5.18. The SMILES string of the molecule is NCc1nnc(SCc2ccc([N+](=O)[O-])c(F)c2)o1. The van der Waals surface area contributed by atoms with E-state index in [1.54, 1.807) is 0 Å². The van der Waals surface area contributed by atoms with E-state index in [9.17, 15) is 14.5 Å². The van der Waals surface area contributed by atoms with Crippen LogP contribution in [0.4, 0.5) is 10.1 Å². The summed E-state index contributed by atoms with van der Waals surface area (Å²) in [6.45, 7) is 0.152. The third-order valence-electron chi connectivity index (χ3n) is 2.19. The first-order chi connectivity index (χ1) is 9.10. The van der Waals surface area contributed by atoms with Gasteiger partial charge in [0.25, 0.3) is 5.22 Å². The van der Waals surface area contributed by atoms with E-state index in [1.807, 2.05) is 0 Å². The number of hydrogen-bond donors (Lipinski definition) is 1. The molecule has 7 nitrogen and oxygen atoms in total. The Morgan fingerprint density at radius 1 is 1.47 bits per heavy atom. The Labute approximate surface area is 111 Å². The maximum absolute atomic E-state index is 13.4. The molecule has 9 heteroatoms. The Bertz CT molecular complexity index is 604. The highest BCUT2D eigenvalue weighted by atomic mass is 32.2. The van der Waals surface area contributed by atoms with Gasteiger partial charge in [0.2, 0.25) is 11.7 Å². The first-order valence-corrected chi connectivity index (χ1v) is 6.16. The zero-order valence-electron chi connectivity index (χ0n) is 9.58. The van der Waals surface area contributed by atoms with Gasteiger partial charge in [-0.3, -0.25) is 10.1 Å². The van der Waals surface area contributed by atoms with Gasteiger partial charge in [-0.1, -0.05) is 17.8 Å². The van der Waals surface area contributed by atoms with Crippen molar-refractivity contribution in [2.24, 2.45) is 5.73 Å². The summed E-state index contributed by atoms with van der Waals surface area (Å²) in [5.41, 5.74) is 5.36. The highest BCUT2D eigenvalue weighted by molar-refractivity contribution is 7.98. The van der Waals surface area contributed by atoms with E-state index in [1.165, 1.54) is 17.8 Å². The molecule has 0 amide bonds. The van der Waals surface area contributed by atoms with E-state index in [2.05, 4.69) is 10.2 Å². The predicted octanol–water partition coefficient (Wildman–Crippen LogP) is 1.87. The summed E-state index contributed by atoms with van der Waals surface area (Å²) in [5, 5.41) is 18.2. The molecule has 0 aliphatic heterocycles. The molecule has 2 N–H and O–H groups in total. The van der Waals surface area contributed by atoms with Crippen molar-refractivity contribution in [1.82, 2.24) is 10.2 Å². The van der Waals surface area contributed by atoms with Crippen molar-refractivity contribution in [2.75, 3.05) is 0 Å². The molecule has 0 bridgehead atoms. The molecule has 0 radical (unpaired) electrons. The van der Waals surface area contributed by atoms with Crippen molar-refractivity contribution in [2.45, 2.75) is 17.5 Å². The number of nitrogens with zero attached hydrogens (tertiary/aromatic N) is 3. The van der Waals surface area contributed by atoms with E-state index in [4.69, 9.17) is 10.2 Å². The Morgan fingerprint density at radius 2 is 2.26 bits per heavy atom. The van der Waals surface area contributed by atoms with Crippen molar-refractivity contribution in [3.63, 3.8) is 0 Å². The molecule has 0 aliphatic rings. The molecular weight excluding hydrogens is 275 g/mol. The zero-order valence-corrected chi connectivity index (χ0v) is 10.4. The molecule has 0 atom stereocenters. The van der Waals surface area contributed by atoms with Crippen LogP contribution in [0.5, 0.6) is 0 Å². The number of halogens is 1. The normalized spacial score (nSPS) is 10.6. The van der Waals surface area contributed by atoms with Crippen LogP contribution in [-0.4, -0.2) is 15.1 Å². The average Bonchev–Trinajstić information content (AvgIpc) is 2.84. The molecule has 0 spiro atoms. The topological polar surface area (TPSA) is 108 Å². The molecule has 0 unspecified atom stereocenters. The van der Waals surface area contributed by atoms with Gasteiger partial charge in [0.05, 0.1) is 11.5 Å². The van der Waals surface area contributed by atoms with Crippen LogP contribution >= 0.6 is 11.8 Å². The second kappa shape index (κ2) is 5.76. The minimum atomic E-state index is -0.865. The summed E-state index contributed by atoms with van der Waals surface area (Å²) in [5.74, 6) is -0.185. The van der Waals surface area contributed by atoms with Crippen LogP contribution in [0.25, 0.3) is 0 Å². The molecule has 0 fully saturated rings. The smallest absolute Gasteiger partial charge is 0.304 e. The summed E-state index contributed by atoms with van der Waals surface area (Å²) in [6, 6.07) is 3.73. The number of nitro groups is 1. The van der Waals surface area contributed by atoms with Gasteiger partial charge in [-0.25, -0.2) is 0 Å². The van der Waals surface area contributed by atoms with Gasteiger partial charge in [-0.15, -0.1) is 10.2 Å². The van der Waals surface area contributed by atoms with Crippen molar-refractivity contribution in [1.29, 1.82) is 0 Å². The lowest BCUT2D eigenvalue weighted by atomic mass is 10.2. The fourth-order valence-corrected chi connectivity index (χ4v) is 2.04. The number of thioether (sulfide) groups is 1. The van der Waals surface area contributed by atoms with Gasteiger partial charge in [0, 0.05) is 11.8 Å². The number of rotatable bonds is 5. The van der Waals surface area contributed by atoms with Gasteiger partial charge < -0.3 is 10.2 Å². The van der Waals surface area contributed by atoms with Crippen LogP contribution in [0.2, 0.25) is 0 Å². The molecule has 100 valence electrons. The summed E-state index contributed by atoms with van der Waals surface area (Å²) in [6.07, 6.45) is 0. The minimum Gasteiger partial charge on any atom is -0.415 e. The number of hydrogen-bond acceptors (Lipinski definition) is 7. The van der Waals surface area contributed by atoms with Gasteiger partial charge in [0.1, 0.15) is 0 Å². The Balaban J connectivity index is 2.03. The highest BCUT2D eigenvalue weighted by Gasteiger charge is 2.14. The summed E-state index contributed by atoms with van der Waals surface area (Å²) in [4.78, 5) is 9.70. The maximum atomic E-state index is 13.4. The Hall–Kier alpha value is -2.00. The fourth-order valence-electron chi connectivity index (χ4n) is 1.31. The van der Waals surface area contributed by atoms with Gasteiger partial charge >= 0.3 is 5.69 Å². The quantitative estimate of drug-likeness (QED) is 0.507. The monoisotopic (exact) mass is 284 g/mol. The lowest BCUT2D eigenvalue weighted by Gasteiger charge is -1.99. The molecule has 2 aromatic rings. The minimum absolute atomic E-state index is 0.152. The van der Waals surface area contributed by atoms with Crippen molar-refractivity contribution in [3.8, 4) is 0 Å². The Kier molecular flexibility index (Phi) is 4.07. The largest absolute Gasteiger partial charge is 0.415 e. The molecule has 1 aromatic heterocycles. The molecule has 2 rings (SSSR count). The lowest BCUT2D eigenvalue weighted by Crippen LogP contribution is -1.95. The van der Waals surface area contributed by atoms with E-state index in [-0.39, 0.29) is 6.54 Å². The van der Waals surface area contributed by atoms with Gasteiger partial charge in [-0.05, 0) is 11.6 Å². The Morgan fingerprint density at radius 3 is 2.84 bits per heavy atom. The van der Waals surface area contributed by atoms with E-state index in [0.29, 0.717) is 22.4 Å². The zero-order chi connectivity index (χ0) is 13.8. The summed E-state index contributed by atoms with van der Waals surface area (Å²) in [7, 11) is 0. The standard InChI is InChI=1S/C10H9FN4O3S/c11-7-3-6(1-2-8(7)15(16)17)5-19-10-14-13-9(4-12)18-10/h1-3H,4-5,12H2. The van der Waals surface area contributed by atoms with E-state index < -0.39 is 16.4 Å². The van der Waals surface area contributed by atoms with Crippen LogP contribution < -0.4 is 5.73 Å². The molecule has 1 aromatic carbocycles. The van der Waals surface area contributed by atoms with E-state index >= 15 is 0 Å². The molecule has 0 saturated carbocycles. The van der Waals surface area contributed by atoms with Gasteiger partial charge in [-0.2, -0.15) is 4.39 Å². The first kappa shape index (κ1) is 13.4. The van der Waals surface area contributed by atoms with Crippen LogP contribution in [0.1, 0.15) is 11.5 Å². The molecular formula is C10H9FN4O3S. The van der Waals surface area contributed by atoms with Crippen molar-refractivity contribution < 1.29 is 13.7 Å². The molecule has 0 saturated heterocycles. The highest BCUT2D eigenvalue weighted by Crippen LogP contribution is 2.24. The molecule has 19 heavy (non-hydrogen) atoms. The summed E-state index contributed by atoms with van der Waals surface area (Å²) >= 11 is 1.20. The third-order valence-corrected chi connectivity index (χ3v) is 3.08. The van der Waals surface area contributed by atoms with Crippen molar-refractivity contribution in [3.05, 3.63) is 45.6 Å². The molecule has 0 aliphatic carbocycles. The van der Waals surface area contributed by atoms with Gasteiger partial charge in [0.15, 0.2) is 0 Å². The number of nitro benzene ring substituents is 1. The number of benzene rings is 1. The van der Waals surface area contributed by atoms with E-state index in [0.717, 1.165) is 12.1 Å². The lowest BCUT2D eigenvalue weighted by molar-refractivity contribution is -0.387. The fraction of sp³-hybridized carbons (Fsp3) is 0.200. The van der Waals surface area contributed by atoms with Crippen LogP contribution in [0.15, 0.2) is 27.8 Å². The molecule has 1 heterocycles. The third kappa shape index (κ3) is 3.26. The summed E-state index contributed by atoms with van der Waals surface area (Å²) < 4.78 is 18.5. The van der Waals surface area contributed by atoms with Crippen LogP contribution in [0, 0.1) is 15.9 Å². The number of aromatic nitrogens is 2. The van der Waals surface area contributed by atoms with Crippen molar-refractivity contribution >= 4 is 17.4 Å².